The second-order valence-electron chi connectivity index (χ2n) is 4.56. The average molecular weight is 314 g/mol. The molecule has 2 aromatic carbocycles. The van der Waals surface area contributed by atoms with Gasteiger partial charge < -0.3 is 4.98 Å². The van der Waals surface area contributed by atoms with Crippen molar-refractivity contribution in [2.24, 2.45) is 0 Å². The predicted octanol–water partition coefficient (Wildman–Crippen LogP) is 4.27. The van der Waals surface area contributed by atoms with Crippen LogP contribution in [0.25, 0.3) is 22.0 Å². The Labute approximate surface area is 119 Å². The molecule has 0 unspecified atom stereocenters. The number of aromatic nitrogens is 1. The largest absolute Gasteiger partial charge is 0.320 e. The molecule has 0 aliphatic heterocycles. The zero-order valence-corrected chi connectivity index (χ0v) is 12.0. The fourth-order valence-corrected chi connectivity index (χ4v) is 2.87. The molecule has 0 spiro atoms. The monoisotopic (exact) mass is 313 g/mol. The maximum absolute atomic E-state index is 12.2. The predicted molar refractivity (Wildman–Crippen MR) is 82.4 cm³/mol. The molecule has 3 heteroatoms. The van der Waals surface area contributed by atoms with E-state index in [-0.39, 0.29) is 5.56 Å². The highest BCUT2D eigenvalue weighted by Gasteiger charge is 2.10. The van der Waals surface area contributed by atoms with Crippen molar-refractivity contribution in [3.05, 3.63) is 68.9 Å². The van der Waals surface area contributed by atoms with Crippen molar-refractivity contribution in [2.45, 2.75) is 6.92 Å². The minimum atomic E-state index is -0.0583. The fraction of sp³-hybridized carbons (Fsp3) is 0.0625. The maximum atomic E-state index is 12.2. The zero-order valence-electron chi connectivity index (χ0n) is 10.4. The number of aryl methyl sites for hydroxylation is 1. The first kappa shape index (κ1) is 12.2. The summed E-state index contributed by atoms with van der Waals surface area (Å²) in [6.07, 6.45) is 0. The number of pyridine rings is 1. The van der Waals surface area contributed by atoms with Gasteiger partial charge in [-0.05, 0) is 34.5 Å². The highest BCUT2D eigenvalue weighted by Crippen LogP contribution is 2.31. The van der Waals surface area contributed by atoms with Crippen LogP contribution in [0.4, 0.5) is 0 Å². The minimum absolute atomic E-state index is 0.0583. The summed E-state index contributed by atoms with van der Waals surface area (Å²) in [7, 11) is 0. The van der Waals surface area contributed by atoms with E-state index in [9.17, 15) is 4.79 Å². The standard InChI is InChI=1S/C16H12BrNO/c1-10-7-8-12-13(9-10)14(17)15(18-16(12)19)11-5-3-2-4-6-11/h2-9H,1H3,(H,18,19). The lowest BCUT2D eigenvalue weighted by atomic mass is 10.1. The summed E-state index contributed by atoms with van der Waals surface area (Å²) in [5.74, 6) is 0. The van der Waals surface area contributed by atoms with Crippen LogP contribution < -0.4 is 5.56 Å². The van der Waals surface area contributed by atoms with Gasteiger partial charge in [-0.2, -0.15) is 0 Å². The Morgan fingerprint density at radius 3 is 2.47 bits per heavy atom. The molecule has 0 bridgehead atoms. The van der Waals surface area contributed by atoms with Crippen molar-refractivity contribution in [3.8, 4) is 11.3 Å². The highest BCUT2D eigenvalue weighted by atomic mass is 79.9. The third kappa shape index (κ3) is 2.10. The lowest BCUT2D eigenvalue weighted by Crippen LogP contribution is -2.08. The molecule has 1 N–H and O–H groups in total. The number of hydrogen-bond donors (Lipinski definition) is 1. The van der Waals surface area contributed by atoms with Gasteiger partial charge in [0.2, 0.25) is 0 Å². The number of benzene rings is 2. The molecular weight excluding hydrogens is 302 g/mol. The molecule has 0 atom stereocenters. The quantitative estimate of drug-likeness (QED) is 0.715. The van der Waals surface area contributed by atoms with E-state index >= 15 is 0 Å². The number of fused-ring (bicyclic) bond motifs is 1. The average Bonchev–Trinajstić information content (AvgIpc) is 2.43. The Bertz CT molecular complexity index is 806. The second-order valence-corrected chi connectivity index (χ2v) is 5.35. The SMILES string of the molecule is Cc1ccc2c(=O)[nH]c(-c3ccccc3)c(Br)c2c1. The molecular formula is C16H12BrNO. The van der Waals surface area contributed by atoms with Gasteiger partial charge in [0, 0.05) is 15.2 Å². The molecule has 1 heterocycles. The smallest absolute Gasteiger partial charge is 0.256 e. The Morgan fingerprint density at radius 1 is 1.00 bits per heavy atom. The molecule has 19 heavy (non-hydrogen) atoms. The van der Waals surface area contributed by atoms with E-state index < -0.39 is 0 Å². The normalized spacial score (nSPS) is 10.8. The number of H-pyrrole nitrogens is 1. The first-order chi connectivity index (χ1) is 9.16. The van der Waals surface area contributed by atoms with Crippen LogP contribution in [0.3, 0.4) is 0 Å². The van der Waals surface area contributed by atoms with E-state index in [4.69, 9.17) is 0 Å². The molecule has 0 amide bonds. The van der Waals surface area contributed by atoms with E-state index in [1.165, 1.54) is 0 Å². The van der Waals surface area contributed by atoms with Crippen LogP contribution in [0.2, 0.25) is 0 Å². The van der Waals surface area contributed by atoms with Crippen LogP contribution in [0, 0.1) is 6.92 Å². The van der Waals surface area contributed by atoms with Crippen LogP contribution in [0.15, 0.2) is 57.8 Å². The number of rotatable bonds is 1. The summed E-state index contributed by atoms with van der Waals surface area (Å²) in [6, 6.07) is 15.7. The number of hydrogen-bond acceptors (Lipinski definition) is 1. The van der Waals surface area contributed by atoms with Crippen molar-refractivity contribution in [2.75, 3.05) is 0 Å². The Balaban J connectivity index is 2.40. The Kier molecular flexibility index (Phi) is 2.99. The van der Waals surface area contributed by atoms with Gasteiger partial charge in [-0.3, -0.25) is 4.79 Å². The minimum Gasteiger partial charge on any atom is -0.320 e. The second kappa shape index (κ2) is 4.67. The van der Waals surface area contributed by atoms with Crippen LogP contribution >= 0.6 is 15.9 Å². The molecule has 3 rings (SSSR count). The fourth-order valence-electron chi connectivity index (χ4n) is 2.21. The molecule has 0 aliphatic carbocycles. The summed E-state index contributed by atoms with van der Waals surface area (Å²) < 4.78 is 0.928. The molecule has 0 saturated heterocycles. The van der Waals surface area contributed by atoms with Crippen LogP contribution in [0.5, 0.6) is 0 Å². The lowest BCUT2D eigenvalue weighted by Gasteiger charge is -2.08. The molecule has 0 radical (unpaired) electrons. The number of nitrogens with one attached hydrogen (secondary N) is 1. The van der Waals surface area contributed by atoms with E-state index in [1.54, 1.807) is 0 Å². The molecule has 3 aromatic rings. The molecule has 0 fully saturated rings. The van der Waals surface area contributed by atoms with E-state index in [1.807, 2.05) is 55.5 Å². The van der Waals surface area contributed by atoms with Crippen LogP contribution in [0.1, 0.15) is 5.56 Å². The number of halogens is 1. The van der Waals surface area contributed by atoms with Crippen molar-refractivity contribution in [1.82, 2.24) is 4.98 Å². The van der Waals surface area contributed by atoms with E-state index in [0.717, 1.165) is 26.7 Å². The van der Waals surface area contributed by atoms with Crippen molar-refractivity contribution < 1.29 is 0 Å². The summed E-state index contributed by atoms with van der Waals surface area (Å²) in [6.45, 7) is 2.02. The first-order valence-electron chi connectivity index (χ1n) is 6.04. The first-order valence-corrected chi connectivity index (χ1v) is 6.83. The maximum Gasteiger partial charge on any atom is 0.256 e. The van der Waals surface area contributed by atoms with Crippen molar-refractivity contribution in [1.29, 1.82) is 0 Å². The third-order valence-electron chi connectivity index (χ3n) is 3.18. The summed E-state index contributed by atoms with van der Waals surface area (Å²) in [4.78, 5) is 15.1. The summed E-state index contributed by atoms with van der Waals surface area (Å²) in [5, 5.41) is 1.65. The number of aromatic amines is 1. The third-order valence-corrected chi connectivity index (χ3v) is 4.00. The van der Waals surface area contributed by atoms with Crippen molar-refractivity contribution >= 4 is 26.7 Å². The van der Waals surface area contributed by atoms with Crippen LogP contribution in [-0.2, 0) is 0 Å². The molecule has 2 nitrogen and oxygen atoms in total. The zero-order chi connectivity index (χ0) is 13.4. The Hall–Kier alpha value is -1.87. The molecule has 0 aliphatic rings. The van der Waals surface area contributed by atoms with E-state index in [2.05, 4.69) is 20.9 Å². The molecule has 0 saturated carbocycles. The van der Waals surface area contributed by atoms with Gasteiger partial charge in [0.15, 0.2) is 0 Å². The van der Waals surface area contributed by atoms with Crippen molar-refractivity contribution in [3.63, 3.8) is 0 Å². The van der Waals surface area contributed by atoms with Gasteiger partial charge in [-0.1, -0.05) is 48.0 Å². The highest BCUT2D eigenvalue weighted by molar-refractivity contribution is 9.10. The van der Waals surface area contributed by atoms with E-state index in [0.29, 0.717) is 5.39 Å². The summed E-state index contributed by atoms with van der Waals surface area (Å²) in [5.41, 5.74) is 2.90. The van der Waals surface area contributed by atoms with Gasteiger partial charge in [0.25, 0.3) is 5.56 Å². The Morgan fingerprint density at radius 2 is 1.74 bits per heavy atom. The van der Waals surface area contributed by atoms with Gasteiger partial charge in [0.1, 0.15) is 0 Å². The van der Waals surface area contributed by atoms with Gasteiger partial charge in [-0.15, -0.1) is 0 Å². The topological polar surface area (TPSA) is 32.9 Å². The van der Waals surface area contributed by atoms with Gasteiger partial charge in [-0.25, -0.2) is 0 Å². The van der Waals surface area contributed by atoms with Gasteiger partial charge >= 0.3 is 0 Å². The lowest BCUT2D eigenvalue weighted by molar-refractivity contribution is 1.26. The molecule has 94 valence electrons. The molecule has 1 aromatic heterocycles. The summed E-state index contributed by atoms with van der Waals surface area (Å²) >= 11 is 3.62. The van der Waals surface area contributed by atoms with Gasteiger partial charge in [0.05, 0.1) is 5.69 Å². The van der Waals surface area contributed by atoms with Crippen LogP contribution in [-0.4, -0.2) is 4.98 Å².